The van der Waals surface area contributed by atoms with Crippen molar-refractivity contribution in [1.29, 1.82) is 0 Å². The van der Waals surface area contributed by atoms with Gasteiger partial charge in [0.2, 0.25) is 0 Å². The second-order valence-electron chi connectivity index (χ2n) is 14.0. The number of furan rings is 2. The first-order chi connectivity index (χ1) is 24.0. The number of fused-ring (bicyclic) bond motifs is 11. The van der Waals surface area contributed by atoms with Crippen molar-refractivity contribution in [3.05, 3.63) is 157 Å². The first kappa shape index (κ1) is 26.9. The van der Waals surface area contributed by atoms with Crippen LogP contribution in [0, 0.1) is 0 Å². The Morgan fingerprint density at radius 2 is 0.816 bits per heavy atom. The lowest BCUT2D eigenvalue weighted by molar-refractivity contribution is 0.660. The number of para-hydroxylation sites is 1. The van der Waals surface area contributed by atoms with Crippen molar-refractivity contribution in [2.75, 3.05) is 0 Å². The van der Waals surface area contributed by atoms with Gasteiger partial charge in [-0.1, -0.05) is 123 Å². The van der Waals surface area contributed by atoms with Gasteiger partial charge < -0.3 is 8.83 Å². The third-order valence-electron chi connectivity index (χ3n) is 11.1. The monoisotopic (exact) mass is 626 g/mol. The summed E-state index contributed by atoms with van der Waals surface area (Å²) >= 11 is 0. The van der Waals surface area contributed by atoms with Crippen molar-refractivity contribution in [1.82, 2.24) is 0 Å². The molecule has 0 amide bonds. The van der Waals surface area contributed by atoms with Crippen LogP contribution >= 0.6 is 0 Å². The van der Waals surface area contributed by atoms with Crippen LogP contribution in [0.5, 0.6) is 0 Å². The maximum absolute atomic E-state index is 6.46. The molecule has 0 fully saturated rings. The molecule has 0 atom stereocenters. The van der Waals surface area contributed by atoms with Gasteiger partial charge in [0.1, 0.15) is 22.3 Å². The molecule has 49 heavy (non-hydrogen) atoms. The molecule has 2 heterocycles. The standard InChI is InChI=1S/C47H30O2/c1-47(2)39-17-9-7-11-29(39)30-21-19-28(24-40(30)47)46-34-15-5-3-13-32(34)45(33-14-4-6-16-35(33)46)27-20-22-42-36(23-27)38-26-43-37(25-44(38)49-42)31-12-8-10-18-41(31)48-43/h3-26H,1-2H3. The SMILES string of the molecule is CC1(C)c2ccccc2-c2ccc(-c3c4ccccc4c(-c4ccc5oc6cc7c(cc6c5c4)oc4ccccc47)c4ccccc34)cc21. The second-order valence-corrected chi connectivity index (χ2v) is 14.0. The van der Waals surface area contributed by atoms with E-state index in [1.807, 2.05) is 12.1 Å². The van der Waals surface area contributed by atoms with Crippen molar-refractivity contribution in [3.8, 4) is 33.4 Å². The van der Waals surface area contributed by atoms with Crippen molar-refractivity contribution >= 4 is 65.4 Å². The molecule has 1 aliphatic carbocycles. The van der Waals surface area contributed by atoms with E-state index in [0.717, 1.165) is 43.9 Å². The minimum Gasteiger partial charge on any atom is -0.456 e. The summed E-state index contributed by atoms with van der Waals surface area (Å²) < 4.78 is 12.7. The van der Waals surface area contributed by atoms with Crippen molar-refractivity contribution in [2.45, 2.75) is 19.3 Å². The van der Waals surface area contributed by atoms with Crippen LogP contribution in [0.3, 0.4) is 0 Å². The summed E-state index contributed by atoms with van der Waals surface area (Å²) in [6, 6.07) is 52.9. The van der Waals surface area contributed by atoms with E-state index < -0.39 is 0 Å². The highest BCUT2D eigenvalue weighted by Crippen LogP contribution is 2.51. The highest BCUT2D eigenvalue weighted by Gasteiger charge is 2.35. The highest BCUT2D eigenvalue weighted by molar-refractivity contribution is 6.22. The summed E-state index contributed by atoms with van der Waals surface area (Å²) in [5.41, 5.74) is 13.9. The van der Waals surface area contributed by atoms with Crippen LogP contribution in [-0.4, -0.2) is 0 Å². The van der Waals surface area contributed by atoms with Gasteiger partial charge in [-0.25, -0.2) is 0 Å². The molecule has 0 saturated heterocycles. The molecule has 2 nitrogen and oxygen atoms in total. The summed E-state index contributed by atoms with van der Waals surface area (Å²) in [7, 11) is 0. The summed E-state index contributed by atoms with van der Waals surface area (Å²) in [4.78, 5) is 0. The van der Waals surface area contributed by atoms with Gasteiger partial charge in [0, 0.05) is 27.0 Å². The fourth-order valence-corrected chi connectivity index (χ4v) is 8.76. The maximum atomic E-state index is 6.46. The fourth-order valence-electron chi connectivity index (χ4n) is 8.76. The van der Waals surface area contributed by atoms with Crippen LogP contribution in [-0.2, 0) is 5.41 Å². The molecule has 8 aromatic carbocycles. The van der Waals surface area contributed by atoms with Crippen molar-refractivity contribution in [3.63, 3.8) is 0 Å². The second kappa shape index (κ2) is 9.49. The molecule has 0 aliphatic heterocycles. The quantitative estimate of drug-likeness (QED) is 0.178. The topological polar surface area (TPSA) is 26.3 Å². The molecular formula is C47H30O2. The Hall–Kier alpha value is -6.12. The molecule has 0 N–H and O–H groups in total. The Morgan fingerprint density at radius 1 is 0.347 bits per heavy atom. The van der Waals surface area contributed by atoms with Gasteiger partial charge in [-0.15, -0.1) is 0 Å². The van der Waals surface area contributed by atoms with E-state index in [0.29, 0.717) is 0 Å². The van der Waals surface area contributed by atoms with E-state index >= 15 is 0 Å². The van der Waals surface area contributed by atoms with Crippen LogP contribution in [0.4, 0.5) is 0 Å². The number of hydrogen-bond acceptors (Lipinski definition) is 2. The number of rotatable bonds is 2. The lowest BCUT2D eigenvalue weighted by Gasteiger charge is -2.23. The molecule has 1 aliphatic rings. The highest BCUT2D eigenvalue weighted by atomic mass is 16.3. The van der Waals surface area contributed by atoms with E-state index in [9.17, 15) is 0 Å². The first-order valence-corrected chi connectivity index (χ1v) is 17.0. The van der Waals surface area contributed by atoms with E-state index in [1.54, 1.807) is 0 Å². The molecule has 0 bridgehead atoms. The minimum atomic E-state index is -0.0653. The van der Waals surface area contributed by atoms with Crippen LogP contribution < -0.4 is 0 Å². The summed E-state index contributed by atoms with van der Waals surface area (Å²) in [5.74, 6) is 0. The Labute approximate surface area is 282 Å². The zero-order valence-electron chi connectivity index (χ0n) is 27.2. The van der Waals surface area contributed by atoms with Gasteiger partial charge in [0.25, 0.3) is 0 Å². The van der Waals surface area contributed by atoms with Gasteiger partial charge in [-0.05, 0) is 102 Å². The molecular weight excluding hydrogens is 597 g/mol. The van der Waals surface area contributed by atoms with Gasteiger partial charge in [0.05, 0.1) is 0 Å². The summed E-state index contributed by atoms with van der Waals surface area (Å²) in [6.07, 6.45) is 0. The van der Waals surface area contributed by atoms with Crippen molar-refractivity contribution < 1.29 is 8.83 Å². The third-order valence-corrected chi connectivity index (χ3v) is 11.1. The third kappa shape index (κ3) is 3.61. The Morgan fingerprint density at radius 3 is 1.49 bits per heavy atom. The Balaban J connectivity index is 1.16. The van der Waals surface area contributed by atoms with E-state index in [2.05, 4.69) is 147 Å². The Kier molecular flexibility index (Phi) is 5.21. The molecule has 2 aromatic heterocycles. The zero-order valence-corrected chi connectivity index (χ0v) is 27.2. The van der Waals surface area contributed by atoms with Gasteiger partial charge in [-0.2, -0.15) is 0 Å². The average molecular weight is 627 g/mol. The lowest BCUT2D eigenvalue weighted by Crippen LogP contribution is -2.14. The van der Waals surface area contributed by atoms with E-state index in [1.165, 1.54) is 66.1 Å². The molecule has 2 heteroatoms. The molecule has 0 saturated carbocycles. The zero-order chi connectivity index (χ0) is 32.4. The Bertz CT molecular complexity index is 2970. The minimum absolute atomic E-state index is 0.0653. The predicted molar refractivity (Wildman–Crippen MR) is 204 cm³/mol. The lowest BCUT2D eigenvalue weighted by atomic mass is 9.80. The fraction of sp³-hybridized carbons (Fsp3) is 0.0638. The summed E-state index contributed by atoms with van der Waals surface area (Å²) in [5, 5.41) is 9.33. The largest absolute Gasteiger partial charge is 0.456 e. The van der Waals surface area contributed by atoms with Crippen molar-refractivity contribution in [2.24, 2.45) is 0 Å². The first-order valence-electron chi connectivity index (χ1n) is 17.0. The molecule has 0 spiro atoms. The summed E-state index contributed by atoms with van der Waals surface area (Å²) in [6.45, 7) is 4.71. The van der Waals surface area contributed by atoms with E-state index in [-0.39, 0.29) is 5.41 Å². The molecule has 0 unspecified atom stereocenters. The smallest absolute Gasteiger partial charge is 0.136 e. The molecule has 230 valence electrons. The molecule has 11 rings (SSSR count). The van der Waals surface area contributed by atoms with Gasteiger partial charge in [-0.3, -0.25) is 0 Å². The van der Waals surface area contributed by atoms with Crippen LogP contribution in [0.15, 0.2) is 154 Å². The molecule has 0 radical (unpaired) electrons. The van der Waals surface area contributed by atoms with Crippen LogP contribution in [0.1, 0.15) is 25.0 Å². The normalized spacial score (nSPS) is 13.7. The number of benzene rings is 8. The number of hydrogen-bond donors (Lipinski definition) is 0. The molecule has 10 aromatic rings. The van der Waals surface area contributed by atoms with Crippen LogP contribution in [0.25, 0.3) is 98.8 Å². The maximum Gasteiger partial charge on any atom is 0.136 e. The van der Waals surface area contributed by atoms with Crippen LogP contribution in [0.2, 0.25) is 0 Å². The van der Waals surface area contributed by atoms with Gasteiger partial charge in [0.15, 0.2) is 0 Å². The van der Waals surface area contributed by atoms with Gasteiger partial charge >= 0.3 is 0 Å². The predicted octanol–water partition coefficient (Wildman–Crippen LogP) is 13.4. The van der Waals surface area contributed by atoms with E-state index in [4.69, 9.17) is 8.83 Å². The average Bonchev–Trinajstić information content (AvgIpc) is 3.76.